The smallest absolute Gasteiger partial charge is 0.254 e. The molecule has 0 aromatic heterocycles. The van der Waals surface area contributed by atoms with Gasteiger partial charge in [0.1, 0.15) is 6.04 Å². The first kappa shape index (κ1) is 14.1. The Balaban J connectivity index is 2.28. The summed E-state index contributed by atoms with van der Waals surface area (Å²) in [6.45, 7) is 2.55. The number of benzene rings is 1. The highest BCUT2D eigenvalue weighted by Gasteiger charge is 2.34. The number of amides is 2. The summed E-state index contributed by atoms with van der Waals surface area (Å²) in [5.74, 6) is -0.150. The molecule has 4 nitrogen and oxygen atoms in total. The number of carbonyl (C=O) groups excluding carboxylic acids is 2. The van der Waals surface area contributed by atoms with E-state index in [0.717, 1.165) is 22.9 Å². The van der Waals surface area contributed by atoms with Gasteiger partial charge in [-0.15, -0.1) is 0 Å². The normalized spacial score (nSPS) is 18.5. The molecule has 1 aliphatic rings. The Morgan fingerprint density at radius 3 is 2.84 bits per heavy atom. The molecule has 1 N–H and O–H groups in total. The number of nitrogens with one attached hydrogen (secondary N) is 1. The lowest BCUT2D eigenvalue weighted by Gasteiger charge is -2.24. The molecule has 0 radical (unpaired) electrons. The van der Waals surface area contributed by atoms with Gasteiger partial charge in [-0.1, -0.05) is 22.0 Å². The highest BCUT2D eigenvalue weighted by Crippen LogP contribution is 2.25. The molecule has 102 valence electrons. The predicted molar refractivity (Wildman–Crippen MR) is 77.0 cm³/mol. The van der Waals surface area contributed by atoms with Crippen LogP contribution >= 0.6 is 15.9 Å². The average Bonchev–Trinajstić information content (AvgIpc) is 2.89. The first-order chi connectivity index (χ1) is 9.06. The van der Waals surface area contributed by atoms with Crippen LogP contribution in [0.3, 0.4) is 0 Å². The van der Waals surface area contributed by atoms with Crippen LogP contribution in [0.1, 0.15) is 28.8 Å². The van der Waals surface area contributed by atoms with Crippen LogP contribution in [0.15, 0.2) is 22.7 Å². The molecule has 0 aliphatic carbocycles. The Bertz CT molecular complexity index is 516. The van der Waals surface area contributed by atoms with Gasteiger partial charge in [0, 0.05) is 23.6 Å². The summed E-state index contributed by atoms with van der Waals surface area (Å²) in [6.07, 6.45) is 1.61. The molecule has 5 heteroatoms. The highest BCUT2D eigenvalue weighted by molar-refractivity contribution is 9.10. The summed E-state index contributed by atoms with van der Waals surface area (Å²) < 4.78 is 0.911. The van der Waals surface area contributed by atoms with Crippen molar-refractivity contribution in [3.63, 3.8) is 0 Å². The van der Waals surface area contributed by atoms with Crippen molar-refractivity contribution in [3.05, 3.63) is 33.8 Å². The zero-order valence-electron chi connectivity index (χ0n) is 11.1. The molecule has 1 fully saturated rings. The van der Waals surface area contributed by atoms with Crippen LogP contribution in [0.5, 0.6) is 0 Å². The van der Waals surface area contributed by atoms with E-state index in [9.17, 15) is 9.59 Å². The minimum absolute atomic E-state index is 0.0649. The monoisotopic (exact) mass is 324 g/mol. The standard InChI is InChI=1S/C14H17BrN2O2/c1-9-10(5-3-6-11(9)15)14(19)17-8-4-7-12(17)13(18)16-2/h3,5-6,12H,4,7-8H2,1-2H3,(H,16,18). The molecule has 1 saturated heterocycles. The van der Waals surface area contributed by atoms with E-state index in [1.807, 2.05) is 25.1 Å². The van der Waals surface area contributed by atoms with Crippen molar-refractivity contribution in [2.45, 2.75) is 25.8 Å². The van der Waals surface area contributed by atoms with E-state index in [0.29, 0.717) is 12.1 Å². The van der Waals surface area contributed by atoms with Gasteiger partial charge < -0.3 is 10.2 Å². The van der Waals surface area contributed by atoms with E-state index in [-0.39, 0.29) is 17.9 Å². The summed E-state index contributed by atoms with van der Waals surface area (Å²) in [4.78, 5) is 26.0. The Morgan fingerprint density at radius 1 is 1.42 bits per heavy atom. The number of likely N-dealkylation sites (tertiary alicyclic amines) is 1. The van der Waals surface area contributed by atoms with Crippen molar-refractivity contribution >= 4 is 27.7 Å². The molecule has 2 rings (SSSR count). The van der Waals surface area contributed by atoms with E-state index in [1.54, 1.807) is 11.9 Å². The average molecular weight is 325 g/mol. The van der Waals surface area contributed by atoms with E-state index >= 15 is 0 Å². The Morgan fingerprint density at radius 2 is 2.16 bits per heavy atom. The largest absolute Gasteiger partial charge is 0.357 e. The third-order valence-corrected chi connectivity index (χ3v) is 4.42. The van der Waals surface area contributed by atoms with Crippen molar-refractivity contribution in [1.82, 2.24) is 10.2 Å². The minimum atomic E-state index is -0.337. The van der Waals surface area contributed by atoms with Gasteiger partial charge in [0.05, 0.1) is 0 Å². The van der Waals surface area contributed by atoms with Gasteiger partial charge in [0.15, 0.2) is 0 Å². The molecule has 2 amide bonds. The fourth-order valence-electron chi connectivity index (χ4n) is 2.44. The van der Waals surface area contributed by atoms with Gasteiger partial charge in [-0.25, -0.2) is 0 Å². The molecular formula is C14H17BrN2O2. The zero-order valence-corrected chi connectivity index (χ0v) is 12.7. The Labute approximate surface area is 121 Å². The molecule has 19 heavy (non-hydrogen) atoms. The number of hydrogen-bond donors (Lipinski definition) is 1. The quantitative estimate of drug-likeness (QED) is 0.905. The van der Waals surface area contributed by atoms with Crippen molar-refractivity contribution in [3.8, 4) is 0 Å². The first-order valence-electron chi connectivity index (χ1n) is 6.34. The second kappa shape index (κ2) is 5.74. The molecule has 0 saturated carbocycles. The van der Waals surface area contributed by atoms with Crippen LogP contribution in [0, 0.1) is 6.92 Å². The second-order valence-corrected chi connectivity index (χ2v) is 5.54. The maximum absolute atomic E-state index is 12.6. The molecule has 1 aromatic rings. The van der Waals surface area contributed by atoms with Crippen molar-refractivity contribution in [2.75, 3.05) is 13.6 Å². The van der Waals surface area contributed by atoms with Gasteiger partial charge in [-0.05, 0) is 37.5 Å². The highest BCUT2D eigenvalue weighted by atomic mass is 79.9. The second-order valence-electron chi connectivity index (χ2n) is 4.68. The van der Waals surface area contributed by atoms with Crippen LogP contribution in [0.25, 0.3) is 0 Å². The molecule has 1 heterocycles. The van der Waals surface area contributed by atoms with Crippen LogP contribution in [-0.4, -0.2) is 36.3 Å². The van der Waals surface area contributed by atoms with Crippen LogP contribution in [0.4, 0.5) is 0 Å². The molecule has 0 bridgehead atoms. The summed E-state index contributed by atoms with van der Waals surface area (Å²) >= 11 is 3.43. The molecule has 0 spiro atoms. The number of rotatable bonds is 2. The lowest BCUT2D eigenvalue weighted by atomic mass is 10.1. The number of halogens is 1. The first-order valence-corrected chi connectivity index (χ1v) is 7.13. The zero-order chi connectivity index (χ0) is 14.0. The summed E-state index contributed by atoms with van der Waals surface area (Å²) in [7, 11) is 1.60. The summed E-state index contributed by atoms with van der Waals surface area (Å²) in [5, 5.41) is 2.63. The lowest BCUT2D eigenvalue weighted by Crippen LogP contribution is -2.45. The predicted octanol–water partition coefficient (Wildman–Crippen LogP) is 2.11. The maximum atomic E-state index is 12.6. The topological polar surface area (TPSA) is 49.4 Å². The third-order valence-electron chi connectivity index (χ3n) is 3.56. The molecule has 1 unspecified atom stereocenters. The molecular weight excluding hydrogens is 308 g/mol. The van der Waals surface area contributed by atoms with Crippen molar-refractivity contribution in [1.29, 1.82) is 0 Å². The SMILES string of the molecule is CNC(=O)C1CCCN1C(=O)c1cccc(Br)c1C. The van der Waals surface area contributed by atoms with Gasteiger partial charge >= 0.3 is 0 Å². The fourth-order valence-corrected chi connectivity index (χ4v) is 2.81. The van der Waals surface area contributed by atoms with E-state index in [1.165, 1.54) is 0 Å². The molecule has 1 atom stereocenters. The number of likely N-dealkylation sites (N-methyl/N-ethyl adjacent to an activating group) is 1. The number of hydrogen-bond acceptors (Lipinski definition) is 2. The summed E-state index contributed by atoms with van der Waals surface area (Å²) in [6, 6.07) is 5.22. The number of carbonyl (C=O) groups is 2. The van der Waals surface area contributed by atoms with Gasteiger partial charge in [0.25, 0.3) is 5.91 Å². The van der Waals surface area contributed by atoms with E-state index < -0.39 is 0 Å². The van der Waals surface area contributed by atoms with Crippen LogP contribution in [-0.2, 0) is 4.79 Å². The van der Waals surface area contributed by atoms with Crippen molar-refractivity contribution in [2.24, 2.45) is 0 Å². The maximum Gasteiger partial charge on any atom is 0.254 e. The third kappa shape index (κ3) is 2.66. The van der Waals surface area contributed by atoms with Crippen molar-refractivity contribution < 1.29 is 9.59 Å². The van der Waals surface area contributed by atoms with E-state index in [2.05, 4.69) is 21.2 Å². The van der Waals surface area contributed by atoms with Crippen LogP contribution in [0.2, 0.25) is 0 Å². The molecule has 1 aromatic carbocycles. The van der Waals surface area contributed by atoms with E-state index in [4.69, 9.17) is 0 Å². The molecule has 1 aliphatic heterocycles. The van der Waals surface area contributed by atoms with Gasteiger partial charge in [-0.3, -0.25) is 9.59 Å². The Kier molecular flexibility index (Phi) is 4.24. The lowest BCUT2D eigenvalue weighted by molar-refractivity contribution is -0.124. The number of nitrogens with zero attached hydrogens (tertiary/aromatic N) is 1. The van der Waals surface area contributed by atoms with Crippen LogP contribution < -0.4 is 5.32 Å². The van der Waals surface area contributed by atoms with Gasteiger partial charge in [-0.2, -0.15) is 0 Å². The fraction of sp³-hybridized carbons (Fsp3) is 0.429. The summed E-state index contributed by atoms with van der Waals surface area (Å²) in [5.41, 5.74) is 1.57. The van der Waals surface area contributed by atoms with Gasteiger partial charge in [0.2, 0.25) is 5.91 Å². The Hall–Kier alpha value is -1.36. The minimum Gasteiger partial charge on any atom is -0.357 e.